The third kappa shape index (κ3) is 3.92. The van der Waals surface area contributed by atoms with Gasteiger partial charge in [-0.3, -0.25) is 9.80 Å². The molecule has 0 spiro atoms. The Morgan fingerprint density at radius 1 is 1.04 bits per heavy atom. The molecule has 0 atom stereocenters. The van der Waals surface area contributed by atoms with E-state index in [2.05, 4.69) is 34.6 Å². The fraction of sp³-hybridized carbons (Fsp3) is 0.632. The summed E-state index contributed by atoms with van der Waals surface area (Å²) in [6.07, 6.45) is 0. The summed E-state index contributed by atoms with van der Waals surface area (Å²) in [6, 6.07) is 2.26. The molecule has 27 heavy (non-hydrogen) atoms. The first kappa shape index (κ1) is 18.6. The van der Waals surface area contributed by atoms with Crippen LogP contribution in [0.2, 0.25) is 0 Å². The van der Waals surface area contributed by atoms with Crippen LogP contribution in [0.5, 0.6) is 0 Å². The Morgan fingerprint density at radius 2 is 1.78 bits per heavy atom. The van der Waals surface area contributed by atoms with E-state index in [1.54, 1.807) is 11.3 Å². The average Bonchev–Trinajstić information content (AvgIpc) is 2.97. The topological polar surface area (TPSA) is 68.5 Å². The maximum atomic E-state index is 8.94. The molecule has 2 aromatic heterocycles. The predicted molar refractivity (Wildman–Crippen MR) is 107 cm³/mol. The summed E-state index contributed by atoms with van der Waals surface area (Å²) in [5.74, 6) is 1.97. The summed E-state index contributed by atoms with van der Waals surface area (Å²) in [5, 5.41) is 10.1. The average molecular weight is 387 g/mol. The lowest BCUT2D eigenvalue weighted by atomic mass is 10.2. The van der Waals surface area contributed by atoms with Crippen molar-refractivity contribution in [3.05, 3.63) is 16.3 Å². The third-order valence-electron chi connectivity index (χ3n) is 5.49. The van der Waals surface area contributed by atoms with Crippen LogP contribution >= 0.6 is 11.3 Å². The van der Waals surface area contributed by atoms with Crippen LogP contribution in [0.1, 0.15) is 16.3 Å². The van der Waals surface area contributed by atoms with Crippen molar-refractivity contribution in [1.82, 2.24) is 19.8 Å². The molecule has 8 heteroatoms. The molecule has 2 aromatic rings. The van der Waals surface area contributed by atoms with Gasteiger partial charge in [0.15, 0.2) is 0 Å². The summed E-state index contributed by atoms with van der Waals surface area (Å²) in [5.41, 5.74) is 1.29. The molecule has 7 nitrogen and oxygen atoms in total. The van der Waals surface area contributed by atoms with Crippen molar-refractivity contribution in [1.29, 1.82) is 5.26 Å². The molecule has 0 unspecified atom stereocenters. The molecule has 0 bridgehead atoms. The first-order valence-corrected chi connectivity index (χ1v) is 10.4. The van der Waals surface area contributed by atoms with Crippen LogP contribution in [-0.2, 0) is 11.3 Å². The second kappa shape index (κ2) is 8.07. The van der Waals surface area contributed by atoms with Crippen LogP contribution in [0.3, 0.4) is 0 Å². The van der Waals surface area contributed by atoms with Crippen LogP contribution in [0, 0.1) is 25.2 Å². The molecule has 2 saturated heterocycles. The molecule has 0 N–H and O–H groups in total. The Labute approximate surface area is 164 Å². The lowest BCUT2D eigenvalue weighted by Gasteiger charge is -2.34. The van der Waals surface area contributed by atoms with E-state index in [4.69, 9.17) is 20.0 Å². The summed E-state index contributed by atoms with van der Waals surface area (Å²) >= 11 is 1.77. The van der Waals surface area contributed by atoms with Gasteiger partial charge in [0.25, 0.3) is 0 Å². The molecule has 0 aromatic carbocycles. The van der Waals surface area contributed by atoms with Gasteiger partial charge in [-0.2, -0.15) is 5.26 Å². The van der Waals surface area contributed by atoms with Gasteiger partial charge in [-0.15, -0.1) is 11.3 Å². The van der Waals surface area contributed by atoms with E-state index in [-0.39, 0.29) is 0 Å². The molecule has 0 radical (unpaired) electrons. The summed E-state index contributed by atoms with van der Waals surface area (Å²) in [4.78, 5) is 19.3. The first-order chi connectivity index (χ1) is 13.2. The molecule has 4 rings (SSSR count). The fourth-order valence-electron chi connectivity index (χ4n) is 3.75. The highest BCUT2D eigenvalue weighted by atomic mass is 32.1. The van der Waals surface area contributed by atoms with Gasteiger partial charge in [-0.25, -0.2) is 9.97 Å². The molecule has 144 valence electrons. The molecule has 0 saturated carbocycles. The largest absolute Gasteiger partial charge is 0.379 e. The number of thiophene rings is 1. The van der Waals surface area contributed by atoms with Crippen LogP contribution in [-0.4, -0.2) is 78.8 Å². The number of aromatic nitrogens is 2. The van der Waals surface area contributed by atoms with Crippen molar-refractivity contribution >= 4 is 27.4 Å². The van der Waals surface area contributed by atoms with Gasteiger partial charge in [-0.05, 0) is 19.4 Å². The minimum Gasteiger partial charge on any atom is -0.379 e. The Bertz CT molecular complexity index is 846. The normalized spacial score (nSPS) is 19.5. The van der Waals surface area contributed by atoms with E-state index < -0.39 is 0 Å². The van der Waals surface area contributed by atoms with Gasteiger partial charge in [0.05, 0.1) is 37.8 Å². The number of nitrogens with zero attached hydrogens (tertiary/aromatic N) is 6. The Balaban J connectivity index is 1.64. The molecule has 2 aliphatic rings. The summed E-state index contributed by atoms with van der Waals surface area (Å²) in [7, 11) is 0. The number of nitriles is 1. The minimum atomic E-state index is 0.506. The van der Waals surface area contributed by atoms with Gasteiger partial charge < -0.3 is 9.64 Å². The van der Waals surface area contributed by atoms with Crippen LogP contribution < -0.4 is 4.90 Å². The number of ether oxygens (including phenoxy) is 1. The van der Waals surface area contributed by atoms with Gasteiger partial charge >= 0.3 is 0 Å². The standard InChI is InChI=1S/C19H26N6OS/c1-14-15(2)27-19-17(14)18(25-7-5-23(4-3-20)6-8-25)21-16(22-19)13-24-9-11-26-12-10-24/h4-13H2,1-2H3. The highest BCUT2D eigenvalue weighted by molar-refractivity contribution is 7.18. The molecule has 2 fully saturated rings. The van der Waals surface area contributed by atoms with Crippen LogP contribution in [0.15, 0.2) is 0 Å². The number of hydrogen-bond acceptors (Lipinski definition) is 8. The van der Waals surface area contributed by atoms with E-state index in [1.165, 1.54) is 15.8 Å². The third-order valence-corrected chi connectivity index (χ3v) is 6.59. The Morgan fingerprint density at radius 3 is 2.48 bits per heavy atom. The van der Waals surface area contributed by atoms with Crippen molar-refractivity contribution in [2.24, 2.45) is 0 Å². The smallest absolute Gasteiger partial charge is 0.146 e. The quantitative estimate of drug-likeness (QED) is 0.742. The second-order valence-electron chi connectivity index (χ2n) is 7.24. The van der Waals surface area contributed by atoms with Crippen molar-refractivity contribution in [3.63, 3.8) is 0 Å². The van der Waals surface area contributed by atoms with E-state index in [0.29, 0.717) is 6.54 Å². The zero-order chi connectivity index (χ0) is 18.8. The zero-order valence-electron chi connectivity index (χ0n) is 16.1. The van der Waals surface area contributed by atoms with E-state index >= 15 is 0 Å². The Hall–Kier alpha value is -1.79. The zero-order valence-corrected chi connectivity index (χ0v) is 16.9. The number of morpholine rings is 1. The van der Waals surface area contributed by atoms with Gasteiger partial charge in [-0.1, -0.05) is 0 Å². The van der Waals surface area contributed by atoms with Gasteiger partial charge in [0.2, 0.25) is 0 Å². The number of rotatable bonds is 4. The second-order valence-corrected chi connectivity index (χ2v) is 8.44. The molecular weight excluding hydrogens is 360 g/mol. The highest BCUT2D eigenvalue weighted by Crippen LogP contribution is 2.35. The molecule has 4 heterocycles. The fourth-order valence-corrected chi connectivity index (χ4v) is 4.79. The molecule has 2 aliphatic heterocycles. The lowest BCUT2D eigenvalue weighted by molar-refractivity contribution is 0.0331. The monoisotopic (exact) mass is 386 g/mol. The van der Waals surface area contributed by atoms with E-state index in [9.17, 15) is 0 Å². The SMILES string of the molecule is Cc1sc2nc(CN3CCOCC3)nc(N3CCN(CC#N)CC3)c2c1C. The first-order valence-electron chi connectivity index (χ1n) is 9.56. The van der Waals surface area contributed by atoms with Crippen LogP contribution in [0.25, 0.3) is 10.2 Å². The van der Waals surface area contributed by atoms with Gasteiger partial charge in [0, 0.05) is 44.1 Å². The Kier molecular flexibility index (Phi) is 5.55. The number of piperazine rings is 1. The van der Waals surface area contributed by atoms with Crippen molar-refractivity contribution < 1.29 is 4.74 Å². The number of fused-ring (bicyclic) bond motifs is 1. The van der Waals surface area contributed by atoms with Gasteiger partial charge in [0.1, 0.15) is 16.5 Å². The maximum Gasteiger partial charge on any atom is 0.146 e. The number of hydrogen-bond donors (Lipinski definition) is 0. The molecular formula is C19H26N6OS. The van der Waals surface area contributed by atoms with E-state index in [1.807, 2.05) is 0 Å². The summed E-state index contributed by atoms with van der Waals surface area (Å²) < 4.78 is 5.46. The summed E-state index contributed by atoms with van der Waals surface area (Å²) in [6.45, 7) is 12.7. The highest BCUT2D eigenvalue weighted by Gasteiger charge is 2.24. The number of anilines is 1. The lowest BCUT2D eigenvalue weighted by Crippen LogP contribution is -2.47. The van der Waals surface area contributed by atoms with Crippen molar-refractivity contribution in [3.8, 4) is 6.07 Å². The van der Waals surface area contributed by atoms with E-state index in [0.717, 1.165) is 75.5 Å². The van der Waals surface area contributed by atoms with Crippen molar-refractivity contribution in [2.45, 2.75) is 20.4 Å². The number of aryl methyl sites for hydroxylation is 2. The molecule has 0 aliphatic carbocycles. The maximum absolute atomic E-state index is 8.94. The minimum absolute atomic E-state index is 0.506. The predicted octanol–water partition coefficient (Wildman–Crippen LogP) is 1.79. The van der Waals surface area contributed by atoms with Crippen LogP contribution in [0.4, 0.5) is 5.82 Å². The van der Waals surface area contributed by atoms with Crippen molar-refractivity contribution in [2.75, 3.05) is 63.9 Å². The molecule has 0 amide bonds.